The highest BCUT2D eigenvalue weighted by Gasteiger charge is 2.35. The average molecular weight is 605 g/mol. The molecule has 8 aromatic rings. The van der Waals surface area contributed by atoms with E-state index < -0.39 is 0 Å². The van der Waals surface area contributed by atoms with Crippen molar-refractivity contribution in [2.45, 2.75) is 19.3 Å². The molecule has 1 aromatic heterocycles. The first-order valence-corrected chi connectivity index (χ1v) is 16.1. The predicted molar refractivity (Wildman–Crippen MR) is 195 cm³/mol. The maximum atomic E-state index is 6.19. The highest BCUT2D eigenvalue weighted by molar-refractivity contribution is 5.97. The fourth-order valence-corrected chi connectivity index (χ4v) is 7.30. The van der Waals surface area contributed by atoms with Gasteiger partial charge in [0.2, 0.25) is 5.89 Å². The second-order valence-electron chi connectivity index (χ2n) is 12.8. The molecule has 9 rings (SSSR count). The normalized spacial score (nSPS) is 13.1. The summed E-state index contributed by atoms with van der Waals surface area (Å²) in [7, 11) is 0. The molecule has 0 spiro atoms. The first-order chi connectivity index (χ1) is 23.0. The average Bonchev–Trinajstić information content (AvgIpc) is 3.65. The van der Waals surface area contributed by atoms with Crippen molar-refractivity contribution in [1.82, 2.24) is 4.98 Å². The molecule has 1 aliphatic carbocycles. The van der Waals surface area contributed by atoms with Crippen LogP contribution in [-0.4, -0.2) is 4.98 Å². The first-order valence-electron chi connectivity index (χ1n) is 16.1. The zero-order chi connectivity index (χ0) is 31.5. The van der Waals surface area contributed by atoms with E-state index in [9.17, 15) is 0 Å². The van der Waals surface area contributed by atoms with Gasteiger partial charge in [0.25, 0.3) is 0 Å². The molecule has 7 aromatic carbocycles. The first kappa shape index (κ1) is 27.4. The van der Waals surface area contributed by atoms with Gasteiger partial charge in [0.15, 0.2) is 5.58 Å². The zero-order valence-electron chi connectivity index (χ0n) is 26.3. The van der Waals surface area contributed by atoms with Crippen molar-refractivity contribution in [3.8, 4) is 33.7 Å². The van der Waals surface area contributed by atoms with E-state index in [2.05, 4.69) is 140 Å². The number of aromatic nitrogens is 1. The molecule has 0 saturated carbocycles. The standard InChI is InChI=1S/C44H32N2O/c1-44(2)39-18-9-8-16-37(39)38-25-23-33(27-40(38)44)46(34-24-26-42-41(28-34)45-43(47-42)31-12-4-3-5-13-31)32-21-19-30(20-22-32)36-17-10-14-29-11-6-7-15-35(29)36/h3-28H,1-2H3. The number of anilines is 3. The highest BCUT2D eigenvalue weighted by atomic mass is 16.3. The van der Waals surface area contributed by atoms with Crippen LogP contribution in [0, 0.1) is 0 Å². The lowest BCUT2D eigenvalue weighted by molar-refractivity contribution is 0.620. The van der Waals surface area contributed by atoms with Crippen molar-refractivity contribution in [3.63, 3.8) is 0 Å². The number of rotatable bonds is 5. The van der Waals surface area contributed by atoms with Crippen molar-refractivity contribution < 1.29 is 4.42 Å². The van der Waals surface area contributed by atoms with Crippen LogP contribution in [-0.2, 0) is 5.41 Å². The molecule has 0 bridgehead atoms. The van der Waals surface area contributed by atoms with Gasteiger partial charge in [0.1, 0.15) is 5.52 Å². The molecule has 3 heteroatoms. The van der Waals surface area contributed by atoms with Gasteiger partial charge in [-0.1, -0.05) is 117 Å². The minimum atomic E-state index is -0.105. The lowest BCUT2D eigenvalue weighted by Crippen LogP contribution is -2.16. The Morgan fingerprint density at radius 1 is 0.511 bits per heavy atom. The van der Waals surface area contributed by atoms with Crippen molar-refractivity contribution in [2.75, 3.05) is 4.90 Å². The third kappa shape index (κ3) is 4.46. The van der Waals surface area contributed by atoms with E-state index in [-0.39, 0.29) is 5.41 Å². The van der Waals surface area contributed by atoms with Gasteiger partial charge in [-0.15, -0.1) is 0 Å². The van der Waals surface area contributed by atoms with Crippen molar-refractivity contribution in [1.29, 1.82) is 0 Å². The van der Waals surface area contributed by atoms with E-state index in [1.54, 1.807) is 0 Å². The Balaban J connectivity index is 1.19. The van der Waals surface area contributed by atoms with Gasteiger partial charge in [-0.05, 0) is 98.8 Å². The summed E-state index contributed by atoms with van der Waals surface area (Å²) in [5.74, 6) is 0.626. The summed E-state index contributed by atoms with van der Waals surface area (Å²) < 4.78 is 6.19. The summed E-state index contributed by atoms with van der Waals surface area (Å²) in [5, 5.41) is 2.50. The van der Waals surface area contributed by atoms with Gasteiger partial charge < -0.3 is 9.32 Å². The van der Waals surface area contributed by atoms with Gasteiger partial charge in [0, 0.05) is 28.0 Å². The second-order valence-corrected chi connectivity index (χ2v) is 12.8. The monoisotopic (exact) mass is 604 g/mol. The minimum absolute atomic E-state index is 0.105. The molecule has 0 aliphatic heterocycles. The molecule has 224 valence electrons. The molecule has 47 heavy (non-hydrogen) atoms. The van der Waals surface area contributed by atoms with E-state index in [1.165, 1.54) is 44.2 Å². The van der Waals surface area contributed by atoms with Crippen LogP contribution in [0.1, 0.15) is 25.0 Å². The third-order valence-electron chi connectivity index (χ3n) is 9.70. The fraction of sp³-hybridized carbons (Fsp3) is 0.0682. The molecule has 1 aliphatic rings. The van der Waals surface area contributed by atoms with Gasteiger partial charge in [0.05, 0.1) is 0 Å². The number of nitrogens with zero attached hydrogens (tertiary/aromatic N) is 2. The van der Waals surface area contributed by atoms with E-state index in [1.807, 2.05) is 36.4 Å². The summed E-state index contributed by atoms with van der Waals surface area (Å²) in [6.07, 6.45) is 0. The Morgan fingerprint density at radius 2 is 1.17 bits per heavy atom. The molecule has 0 unspecified atom stereocenters. The number of oxazole rings is 1. The molecule has 0 atom stereocenters. The van der Waals surface area contributed by atoms with Gasteiger partial charge in [-0.3, -0.25) is 0 Å². The van der Waals surface area contributed by atoms with Crippen LogP contribution in [0.4, 0.5) is 17.1 Å². The van der Waals surface area contributed by atoms with E-state index in [0.29, 0.717) is 5.89 Å². The quantitative estimate of drug-likeness (QED) is 0.196. The van der Waals surface area contributed by atoms with Crippen LogP contribution in [0.5, 0.6) is 0 Å². The Hall–Kier alpha value is -5.93. The van der Waals surface area contributed by atoms with E-state index in [0.717, 1.165) is 33.7 Å². The van der Waals surface area contributed by atoms with Crippen LogP contribution in [0.2, 0.25) is 0 Å². The molecular weight excluding hydrogens is 572 g/mol. The zero-order valence-corrected chi connectivity index (χ0v) is 26.3. The molecule has 3 nitrogen and oxygen atoms in total. The summed E-state index contributed by atoms with van der Waals surface area (Å²) in [5.41, 5.74) is 13.4. The molecule has 0 saturated heterocycles. The number of benzene rings is 7. The molecule has 0 radical (unpaired) electrons. The summed E-state index contributed by atoms with van der Waals surface area (Å²) in [6.45, 7) is 4.66. The molecule has 0 amide bonds. The minimum Gasteiger partial charge on any atom is -0.436 e. The molecule has 1 heterocycles. The van der Waals surface area contributed by atoms with Crippen molar-refractivity contribution >= 4 is 38.9 Å². The lowest BCUT2D eigenvalue weighted by Gasteiger charge is -2.28. The van der Waals surface area contributed by atoms with Crippen LogP contribution < -0.4 is 4.90 Å². The summed E-state index contributed by atoms with van der Waals surface area (Å²) >= 11 is 0. The van der Waals surface area contributed by atoms with Crippen LogP contribution in [0.25, 0.3) is 55.6 Å². The van der Waals surface area contributed by atoms with Crippen LogP contribution in [0.3, 0.4) is 0 Å². The Kier molecular flexibility index (Phi) is 6.16. The Labute approximate surface area is 274 Å². The topological polar surface area (TPSA) is 29.3 Å². The molecule has 0 fully saturated rings. The largest absolute Gasteiger partial charge is 0.436 e. The maximum absolute atomic E-state index is 6.19. The lowest BCUT2D eigenvalue weighted by atomic mass is 9.82. The van der Waals surface area contributed by atoms with Gasteiger partial charge >= 0.3 is 0 Å². The van der Waals surface area contributed by atoms with Crippen molar-refractivity contribution in [3.05, 3.63) is 169 Å². The SMILES string of the molecule is CC1(C)c2ccccc2-c2ccc(N(c3ccc(-c4cccc5ccccc45)cc3)c3ccc4oc(-c5ccccc5)nc4c3)cc21. The van der Waals surface area contributed by atoms with Gasteiger partial charge in [-0.2, -0.15) is 0 Å². The summed E-state index contributed by atoms with van der Waals surface area (Å²) in [6, 6.07) is 56.1. The highest BCUT2D eigenvalue weighted by Crippen LogP contribution is 2.50. The Bertz CT molecular complexity index is 2430. The number of hydrogen-bond donors (Lipinski definition) is 0. The maximum Gasteiger partial charge on any atom is 0.227 e. The number of hydrogen-bond acceptors (Lipinski definition) is 3. The predicted octanol–water partition coefficient (Wildman–Crippen LogP) is 12.1. The van der Waals surface area contributed by atoms with Crippen molar-refractivity contribution in [2.24, 2.45) is 0 Å². The van der Waals surface area contributed by atoms with E-state index in [4.69, 9.17) is 9.40 Å². The smallest absolute Gasteiger partial charge is 0.227 e. The second kappa shape index (κ2) is 10.6. The Morgan fingerprint density at radius 3 is 2.04 bits per heavy atom. The van der Waals surface area contributed by atoms with Gasteiger partial charge in [-0.25, -0.2) is 4.98 Å². The summed E-state index contributed by atoms with van der Waals surface area (Å²) in [4.78, 5) is 7.25. The molecule has 0 N–H and O–H groups in total. The molecular formula is C44H32N2O. The number of fused-ring (bicyclic) bond motifs is 5. The fourth-order valence-electron chi connectivity index (χ4n) is 7.30. The van der Waals surface area contributed by atoms with Crippen LogP contribution >= 0.6 is 0 Å². The third-order valence-corrected chi connectivity index (χ3v) is 9.70. The van der Waals surface area contributed by atoms with E-state index >= 15 is 0 Å². The van der Waals surface area contributed by atoms with Crippen LogP contribution in [0.15, 0.2) is 162 Å².